The number of nitrogens with zero attached hydrogens (tertiary/aromatic N) is 3. The summed E-state index contributed by atoms with van der Waals surface area (Å²) < 4.78 is 6.70. The van der Waals surface area contributed by atoms with Gasteiger partial charge in [-0.05, 0) is 30.2 Å². The van der Waals surface area contributed by atoms with Crippen LogP contribution in [0, 0.1) is 0 Å². The van der Waals surface area contributed by atoms with Gasteiger partial charge < -0.3 is 15.0 Å². The Morgan fingerprint density at radius 2 is 2.16 bits per heavy atom. The highest BCUT2D eigenvalue weighted by Crippen LogP contribution is 2.15. The van der Waals surface area contributed by atoms with E-state index in [1.807, 2.05) is 29.2 Å². The number of hydrogen-bond donors (Lipinski definition) is 1. The first kappa shape index (κ1) is 17.0. The second kappa shape index (κ2) is 7.83. The first-order valence-corrected chi connectivity index (χ1v) is 8.31. The van der Waals surface area contributed by atoms with E-state index in [1.165, 1.54) is 0 Å². The normalized spacial score (nSPS) is 16.9. The molecule has 1 saturated heterocycles. The number of hydrogen-bond acceptors (Lipinski definition) is 4. The Kier molecular flexibility index (Phi) is 5.33. The van der Waals surface area contributed by atoms with Crippen LogP contribution in [0.3, 0.4) is 0 Å². The number of benzene rings is 1. The predicted octanol–water partition coefficient (Wildman–Crippen LogP) is 0.851. The first-order chi connectivity index (χ1) is 12.1. The van der Waals surface area contributed by atoms with E-state index in [9.17, 15) is 9.59 Å². The van der Waals surface area contributed by atoms with Crippen molar-refractivity contribution in [3.63, 3.8) is 0 Å². The fraction of sp³-hybridized carbons (Fsp3) is 0.389. The molecule has 1 aromatic heterocycles. The van der Waals surface area contributed by atoms with Gasteiger partial charge in [-0.25, -0.2) is 0 Å². The smallest absolute Gasteiger partial charge is 0.242 e. The molecule has 0 spiro atoms. The number of aromatic nitrogens is 2. The van der Waals surface area contributed by atoms with Gasteiger partial charge in [0.1, 0.15) is 12.3 Å². The van der Waals surface area contributed by atoms with E-state index >= 15 is 0 Å². The summed E-state index contributed by atoms with van der Waals surface area (Å²) in [6, 6.07) is 9.48. The van der Waals surface area contributed by atoms with Crippen molar-refractivity contribution in [2.45, 2.75) is 25.4 Å². The summed E-state index contributed by atoms with van der Waals surface area (Å²) in [5.41, 5.74) is 1.15. The second-order valence-electron chi connectivity index (χ2n) is 6.11. The molecule has 1 fully saturated rings. The van der Waals surface area contributed by atoms with Crippen LogP contribution in [0.15, 0.2) is 42.7 Å². The summed E-state index contributed by atoms with van der Waals surface area (Å²) >= 11 is 0. The fourth-order valence-corrected chi connectivity index (χ4v) is 2.96. The summed E-state index contributed by atoms with van der Waals surface area (Å²) in [4.78, 5) is 26.0. The number of likely N-dealkylation sites (tertiary alicyclic amines) is 1. The molecular weight excluding hydrogens is 320 g/mol. The lowest BCUT2D eigenvalue weighted by Crippen LogP contribution is -2.39. The fourth-order valence-electron chi connectivity index (χ4n) is 2.96. The molecule has 3 rings (SSSR count). The quantitative estimate of drug-likeness (QED) is 0.809. The maximum absolute atomic E-state index is 12.1. The van der Waals surface area contributed by atoms with E-state index < -0.39 is 0 Å². The Balaban J connectivity index is 1.45. The first-order valence-electron chi connectivity index (χ1n) is 8.31. The van der Waals surface area contributed by atoms with Crippen molar-refractivity contribution < 1.29 is 14.3 Å². The van der Waals surface area contributed by atoms with Crippen LogP contribution >= 0.6 is 0 Å². The molecule has 0 aliphatic carbocycles. The van der Waals surface area contributed by atoms with Crippen molar-refractivity contribution in [2.75, 3.05) is 20.2 Å². The van der Waals surface area contributed by atoms with Crippen LogP contribution in [0.2, 0.25) is 0 Å². The van der Waals surface area contributed by atoms with Crippen LogP contribution in [-0.4, -0.2) is 52.7 Å². The van der Waals surface area contributed by atoms with Gasteiger partial charge in [-0.1, -0.05) is 12.1 Å². The zero-order chi connectivity index (χ0) is 17.6. The van der Waals surface area contributed by atoms with Crippen LogP contribution in [0.4, 0.5) is 0 Å². The summed E-state index contributed by atoms with van der Waals surface area (Å²) in [6.07, 6.45) is 4.50. The Morgan fingerprint density at radius 1 is 1.36 bits per heavy atom. The minimum Gasteiger partial charge on any atom is -0.497 e. The number of rotatable bonds is 7. The van der Waals surface area contributed by atoms with Crippen molar-refractivity contribution in [1.82, 2.24) is 20.0 Å². The van der Waals surface area contributed by atoms with Gasteiger partial charge in [-0.15, -0.1) is 0 Å². The third-order valence-electron chi connectivity index (χ3n) is 4.27. The molecule has 1 aliphatic rings. The standard InChI is InChI=1S/C18H22N4O3/c1-25-16-5-3-14(4-6-16)7-10-21-12-15(11-18(21)24)20-17(23)13-22-9-2-8-19-22/h2-6,8-9,15H,7,10-13H2,1H3,(H,20,23)/t15-/m1/s1. The van der Waals surface area contributed by atoms with E-state index in [0.29, 0.717) is 19.5 Å². The molecule has 1 atom stereocenters. The second-order valence-corrected chi connectivity index (χ2v) is 6.11. The molecule has 1 aromatic carbocycles. The largest absolute Gasteiger partial charge is 0.497 e. The van der Waals surface area contributed by atoms with Gasteiger partial charge in [-0.2, -0.15) is 5.10 Å². The highest BCUT2D eigenvalue weighted by molar-refractivity contribution is 5.82. The maximum Gasteiger partial charge on any atom is 0.242 e. The predicted molar refractivity (Wildman–Crippen MR) is 92.1 cm³/mol. The van der Waals surface area contributed by atoms with Gasteiger partial charge in [0.2, 0.25) is 11.8 Å². The number of carbonyl (C=O) groups is 2. The van der Waals surface area contributed by atoms with E-state index in [0.717, 1.165) is 17.7 Å². The zero-order valence-corrected chi connectivity index (χ0v) is 14.2. The third kappa shape index (κ3) is 4.59. The highest BCUT2D eigenvalue weighted by Gasteiger charge is 2.30. The lowest BCUT2D eigenvalue weighted by atomic mass is 10.1. The molecule has 7 nitrogen and oxygen atoms in total. The number of amides is 2. The molecule has 7 heteroatoms. The van der Waals surface area contributed by atoms with Crippen molar-refractivity contribution in [3.05, 3.63) is 48.3 Å². The number of ether oxygens (including phenoxy) is 1. The molecule has 0 radical (unpaired) electrons. The molecular formula is C18H22N4O3. The van der Waals surface area contributed by atoms with Crippen LogP contribution in [0.5, 0.6) is 5.75 Å². The van der Waals surface area contributed by atoms with E-state index in [2.05, 4.69) is 10.4 Å². The highest BCUT2D eigenvalue weighted by atomic mass is 16.5. The number of nitrogens with one attached hydrogen (secondary N) is 1. The monoisotopic (exact) mass is 342 g/mol. The Hall–Kier alpha value is -2.83. The van der Waals surface area contributed by atoms with Crippen LogP contribution < -0.4 is 10.1 Å². The van der Waals surface area contributed by atoms with Crippen molar-refractivity contribution in [1.29, 1.82) is 0 Å². The number of methoxy groups -OCH3 is 1. The van der Waals surface area contributed by atoms with Crippen molar-refractivity contribution >= 4 is 11.8 Å². The lowest BCUT2D eigenvalue weighted by Gasteiger charge is -2.17. The topological polar surface area (TPSA) is 76.5 Å². The zero-order valence-electron chi connectivity index (χ0n) is 14.2. The van der Waals surface area contributed by atoms with Gasteiger partial charge in [0.25, 0.3) is 0 Å². The molecule has 25 heavy (non-hydrogen) atoms. The lowest BCUT2D eigenvalue weighted by molar-refractivity contribution is -0.127. The molecule has 2 aromatic rings. The average molecular weight is 342 g/mol. The van der Waals surface area contributed by atoms with Crippen molar-refractivity contribution in [3.8, 4) is 5.75 Å². The summed E-state index contributed by atoms with van der Waals surface area (Å²) in [5, 5.41) is 6.92. The molecule has 1 aliphatic heterocycles. The molecule has 1 N–H and O–H groups in total. The Labute approximate surface area is 146 Å². The van der Waals surface area contributed by atoms with Gasteiger partial charge in [0.05, 0.1) is 13.2 Å². The molecule has 132 valence electrons. The number of carbonyl (C=O) groups excluding carboxylic acids is 2. The molecule has 0 saturated carbocycles. The minimum atomic E-state index is -0.133. The maximum atomic E-state index is 12.1. The van der Waals surface area contributed by atoms with Crippen LogP contribution in [0.1, 0.15) is 12.0 Å². The van der Waals surface area contributed by atoms with Gasteiger partial charge in [-0.3, -0.25) is 14.3 Å². The van der Waals surface area contributed by atoms with Crippen molar-refractivity contribution in [2.24, 2.45) is 0 Å². The SMILES string of the molecule is COc1ccc(CCN2C[C@H](NC(=O)Cn3cccn3)CC2=O)cc1. The van der Waals surface area contributed by atoms with E-state index in [-0.39, 0.29) is 24.4 Å². The average Bonchev–Trinajstić information content (AvgIpc) is 3.23. The van der Waals surface area contributed by atoms with E-state index in [4.69, 9.17) is 4.74 Å². The Bertz CT molecular complexity index is 712. The minimum absolute atomic E-state index is 0.0814. The van der Waals surface area contributed by atoms with E-state index in [1.54, 1.807) is 30.3 Å². The van der Waals surface area contributed by atoms with Gasteiger partial charge in [0.15, 0.2) is 0 Å². The van der Waals surface area contributed by atoms with Crippen LogP contribution in [-0.2, 0) is 22.6 Å². The van der Waals surface area contributed by atoms with Gasteiger partial charge in [0, 0.05) is 31.9 Å². The molecule has 0 unspecified atom stereocenters. The summed E-state index contributed by atoms with van der Waals surface area (Å²) in [6.45, 7) is 1.38. The summed E-state index contributed by atoms with van der Waals surface area (Å²) in [5.74, 6) is 0.775. The van der Waals surface area contributed by atoms with Crippen LogP contribution in [0.25, 0.3) is 0 Å². The molecule has 0 bridgehead atoms. The molecule has 2 amide bonds. The Morgan fingerprint density at radius 3 is 2.84 bits per heavy atom. The summed E-state index contributed by atoms with van der Waals surface area (Å²) in [7, 11) is 1.64. The van der Waals surface area contributed by atoms with Gasteiger partial charge >= 0.3 is 0 Å². The molecule has 2 heterocycles. The third-order valence-corrected chi connectivity index (χ3v) is 4.27.